The van der Waals surface area contributed by atoms with Gasteiger partial charge in [-0.05, 0) is 50.1 Å². The first-order chi connectivity index (χ1) is 9.51. The van der Waals surface area contributed by atoms with E-state index in [-0.39, 0.29) is 6.04 Å². The Morgan fingerprint density at radius 3 is 2.55 bits per heavy atom. The van der Waals surface area contributed by atoms with E-state index in [1.807, 2.05) is 6.07 Å². The number of rotatable bonds is 3. The molecule has 0 spiro atoms. The fraction of sp³-hybridized carbons (Fsp3) is 0.235. The van der Waals surface area contributed by atoms with Crippen LogP contribution in [0.4, 0.5) is 5.69 Å². The van der Waals surface area contributed by atoms with Crippen LogP contribution in [-0.2, 0) is 0 Å². The van der Waals surface area contributed by atoms with Gasteiger partial charge in [-0.2, -0.15) is 5.26 Å². The normalized spacial score (nSPS) is 11.8. The predicted molar refractivity (Wildman–Crippen MR) is 84.1 cm³/mol. The lowest BCUT2D eigenvalue weighted by Crippen LogP contribution is -2.09. The van der Waals surface area contributed by atoms with Crippen LogP contribution >= 0.6 is 11.6 Å². The minimum Gasteiger partial charge on any atom is -0.377 e. The average molecular weight is 285 g/mol. The molecule has 2 nitrogen and oxygen atoms in total. The standard InChI is InChI=1S/C17H17ClN2/c1-11-4-5-12(2)15(8-11)13(3)20-17-7-6-14(10-19)9-16(17)18/h4-9,13,20H,1-3H3. The lowest BCUT2D eigenvalue weighted by atomic mass is 10.00. The van der Waals surface area contributed by atoms with Crippen molar-refractivity contribution < 1.29 is 0 Å². The van der Waals surface area contributed by atoms with E-state index in [1.54, 1.807) is 12.1 Å². The molecule has 2 aromatic carbocycles. The Kier molecular flexibility index (Phi) is 4.32. The molecule has 1 atom stereocenters. The SMILES string of the molecule is Cc1ccc(C)c(C(C)Nc2ccc(C#N)cc2Cl)c1. The number of hydrogen-bond acceptors (Lipinski definition) is 2. The minimum absolute atomic E-state index is 0.153. The van der Waals surface area contributed by atoms with E-state index < -0.39 is 0 Å². The summed E-state index contributed by atoms with van der Waals surface area (Å²) in [5, 5.41) is 12.8. The molecule has 0 fully saturated rings. The first-order valence-electron chi connectivity index (χ1n) is 6.54. The van der Waals surface area contributed by atoms with Gasteiger partial charge in [0.2, 0.25) is 0 Å². The van der Waals surface area contributed by atoms with Crippen molar-refractivity contribution in [1.29, 1.82) is 5.26 Å². The zero-order chi connectivity index (χ0) is 14.7. The molecule has 0 radical (unpaired) electrons. The van der Waals surface area contributed by atoms with Crippen molar-refractivity contribution >= 4 is 17.3 Å². The zero-order valence-electron chi connectivity index (χ0n) is 11.9. The van der Waals surface area contributed by atoms with E-state index in [2.05, 4.69) is 50.4 Å². The maximum atomic E-state index is 8.85. The molecule has 2 aromatic rings. The van der Waals surface area contributed by atoms with E-state index in [4.69, 9.17) is 16.9 Å². The number of nitrogens with one attached hydrogen (secondary N) is 1. The second kappa shape index (κ2) is 5.98. The number of nitrogens with zero attached hydrogens (tertiary/aromatic N) is 1. The molecule has 0 saturated heterocycles. The van der Waals surface area contributed by atoms with Gasteiger partial charge in [-0.15, -0.1) is 0 Å². The molecular formula is C17H17ClN2. The van der Waals surface area contributed by atoms with Crippen molar-refractivity contribution in [3.05, 3.63) is 63.7 Å². The van der Waals surface area contributed by atoms with Gasteiger partial charge in [-0.25, -0.2) is 0 Å². The molecule has 3 heteroatoms. The maximum Gasteiger partial charge on any atom is 0.0992 e. The van der Waals surface area contributed by atoms with Crippen molar-refractivity contribution in [2.45, 2.75) is 26.8 Å². The summed E-state index contributed by atoms with van der Waals surface area (Å²) in [6.07, 6.45) is 0. The number of hydrogen-bond donors (Lipinski definition) is 1. The average Bonchev–Trinajstić information content (AvgIpc) is 2.43. The highest BCUT2D eigenvalue weighted by atomic mass is 35.5. The monoisotopic (exact) mass is 284 g/mol. The van der Waals surface area contributed by atoms with E-state index >= 15 is 0 Å². The molecule has 0 bridgehead atoms. The third-order valence-electron chi connectivity index (χ3n) is 3.37. The van der Waals surface area contributed by atoms with Crippen LogP contribution in [-0.4, -0.2) is 0 Å². The van der Waals surface area contributed by atoms with Crippen molar-refractivity contribution in [1.82, 2.24) is 0 Å². The molecule has 2 rings (SSSR count). The van der Waals surface area contributed by atoms with Gasteiger partial charge in [-0.3, -0.25) is 0 Å². The minimum atomic E-state index is 0.153. The summed E-state index contributed by atoms with van der Waals surface area (Å²) in [5.41, 5.74) is 5.16. The molecule has 0 aromatic heterocycles. The highest BCUT2D eigenvalue weighted by Crippen LogP contribution is 2.28. The van der Waals surface area contributed by atoms with Crippen LogP contribution in [0.2, 0.25) is 5.02 Å². The smallest absolute Gasteiger partial charge is 0.0992 e. The zero-order valence-corrected chi connectivity index (χ0v) is 12.6. The van der Waals surface area contributed by atoms with Crippen LogP contribution in [0.15, 0.2) is 36.4 Å². The highest BCUT2D eigenvalue weighted by Gasteiger charge is 2.10. The third-order valence-corrected chi connectivity index (χ3v) is 3.68. The van der Waals surface area contributed by atoms with Crippen LogP contribution < -0.4 is 5.32 Å². The van der Waals surface area contributed by atoms with Gasteiger partial charge >= 0.3 is 0 Å². The number of benzene rings is 2. The first kappa shape index (κ1) is 14.4. The first-order valence-corrected chi connectivity index (χ1v) is 6.92. The largest absolute Gasteiger partial charge is 0.377 e. The fourth-order valence-corrected chi connectivity index (χ4v) is 2.47. The summed E-state index contributed by atoms with van der Waals surface area (Å²) in [4.78, 5) is 0. The van der Waals surface area contributed by atoms with E-state index in [0.29, 0.717) is 10.6 Å². The summed E-state index contributed by atoms with van der Waals surface area (Å²) in [5.74, 6) is 0. The number of halogens is 1. The number of aryl methyl sites for hydroxylation is 2. The molecule has 0 amide bonds. The Bertz CT molecular complexity index is 671. The summed E-state index contributed by atoms with van der Waals surface area (Å²) < 4.78 is 0. The Labute approximate surface area is 125 Å². The molecule has 0 aliphatic heterocycles. The van der Waals surface area contributed by atoms with Gasteiger partial charge in [0, 0.05) is 6.04 Å². The van der Waals surface area contributed by atoms with Gasteiger partial charge in [0.1, 0.15) is 0 Å². The molecule has 1 unspecified atom stereocenters. The van der Waals surface area contributed by atoms with Crippen LogP contribution in [0, 0.1) is 25.2 Å². The molecule has 20 heavy (non-hydrogen) atoms. The van der Waals surface area contributed by atoms with Gasteiger partial charge in [0.25, 0.3) is 0 Å². The predicted octanol–water partition coefficient (Wildman–Crippen LogP) is 5.00. The second-order valence-corrected chi connectivity index (χ2v) is 5.44. The van der Waals surface area contributed by atoms with Crippen molar-refractivity contribution in [3.8, 4) is 6.07 Å². The lowest BCUT2D eigenvalue weighted by Gasteiger charge is -2.19. The summed E-state index contributed by atoms with van der Waals surface area (Å²) in [7, 11) is 0. The fourth-order valence-electron chi connectivity index (χ4n) is 2.24. The van der Waals surface area contributed by atoms with Gasteiger partial charge < -0.3 is 5.32 Å². The summed E-state index contributed by atoms with van der Waals surface area (Å²) >= 11 is 6.20. The highest BCUT2D eigenvalue weighted by molar-refractivity contribution is 6.33. The van der Waals surface area contributed by atoms with Crippen molar-refractivity contribution in [2.24, 2.45) is 0 Å². The van der Waals surface area contributed by atoms with E-state index in [0.717, 1.165) is 5.69 Å². The Hall–Kier alpha value is -1.98. The van der Waals surface area contributed by atoms with E-state index in [9.17, 15) is 0 Å². The maximum absolute atomic E-state index is 8.85. The second-order valence-electron chi connectivity index (χ2n) is 5.03. The van der Waals surface area contributed by atoms with Gasteiger partial charge in [-0.1, -0.05) is 35.4 Å². The van der Waals surface area contributed by atoms with Crippen molar-refractivity contribution in [3.63, 3.8) is 0 Å². The Morgan fingerprint density at radius 1 is 1.15 bits per heavy atom. The molecule has 0 aliphatic carbocycles. The molecule has 1 N–H and O–H groups in total. The lowest BCUT2D eigenvalue weighted by molar-refractivity contribution is 0.872. The third kappa shape index (κ3) is 3.12. The van der Waals surface area contributed by atoms with Crippen LogP contribution in [0.1, 0.15) is 35.2 Å². The van der Waals surface area contributed by atoms with Crippen LogP contribution in [0.3, 0.4) is 0 Å². The summed E-state index contributed by atoms with van der Waals surface area (Å²) in [6, 6.07) is 14.0. The van der Waals surface area contributed by atoms with Gasteiger partial charge in [0.05, 0.1) is 22.3 Å². The van der Waals surface area contributed by atoms with Crippen LogP contribution in [0.5, 0.6) is 0 Å². The Balaban J connectivity index is 2.26. The Morgan fingerprint density at radius 2 is 1.90 bits per heavy atom. The number of nitriles is 1. The molecule has 0 heterocycles. The topological polar surface area (TPSA) is 35.8 Å². The summed E-state index contributed by atoms with van der Waals surface area (Å²) in [6.45, 7) is 6.30. The van der Waals surface area contributed by atoms with E-state index in [1.165, 1.54) is 16.7 Å². The molecule has 102 valence electrons. The quantitative estimate of drug-likeness (QED) is 0.861. The molecule has 0 aliphatic rings. The van der Waals surface area contributed by atoms with Gasteiger partial charge in [0.15, 0.2) is 0 Å². The van der Waals surface area contributed by atoms with Crippen molar-refractivity contribution in [2.75, 3.05) is 5.32 Å². The molecule has 0 saturated carbocycles. The molecular weight excluding hydrogens is 268 g/mol. The van der Waals surface area contributed by atoms with Crippen LogP contribution in [0.25, 0.3) is 0 Å². The number of anilines is 1.